The molecule has 0 saturated carbocycles. The van der Waals surface area contributed by atoms with Crippen LogP contribution in [0.25, 0.3) is 10.8 Å². The smallest absolute Gasteiger partial charge is 0.408 e. The number of rotatable bonds is 10. The van der Waals surface area contributed by atoms with Gasteiger partial charge >= 0.3 is 6.09 Å². The summed E-state index contributed by atoms with van der Waals surface area (Å²) < 4.78 is 5.49. The van der Waals surface area contributed by atoms with Gasteiger partial charge in [0.05, 0.1) is 0 Å². The average molecular weight is 588 g/mol. The number of benzene rings is 4. The van der Waals surface area contributed by atoms with E-state index < -0.39 is 35.6 Å². The van der Waals surface area contributed by atoms with Crippen molar-refractivity contribution in [3.8, 4) is 12.3 Å². The van der Waals surface area contributed by atoms with Crippen LogP contribution in [0.2, 0.25) is 0 Å². The van der Waals surface area contributed by atoms with Crippen molar-refractivity contribution >= 4 is 34.4 Å². The van der Waals surface area contributed by atoms with Crippen molar-refractivity contribution < 1.29 is 19.1 Å². The second kappa shape index (κ2) is 14.2. The van der Waals surface area contributed by atoms with Crippen LogP contribution >= 0.6 is 0 Å². The Labute approximate surface area is 258 Å². The number of ether oxygens (including phenoxy) is 1. The summed E-state index contributed by atoms with van der Waals surface area (Å²) in [6, 6.07) is 27.5. The fraction of sp³-hybridized carbons (Fsp3) is 0.216. The van der Waals surface area contributed by atoms with Gasteiger partial charge in [-0.3, -0.25) is 9.59 Å². The van der Waals surface area contributed by atoms with Crippen LogP contribution in [0, 0.1) is 12.3 Å². The lowest BCUT2D eigenvalue weighted by atomic mass is 9.96. The summed E-state index contributed by atoms with van der Waals surface area (Å²) in [5, 5.41) is 7.72. The molecule has 0 saturated heterocycles. The largest absolute Gasteiger partial charge is 0.444 e. The van der Waals surface area contributed by atoms with Gasteiger partial charge in [0.2, 0.25) is 5.91 Å². The predicted molar refractivity (Wildman–Crippen MR) is 175 cm³/mol. The number of nitrogens with one attached hydrogen (secondary N) is 2. The molecule has 7 heteroatoms. The number of hydrogen-bond acceptors (Lipinski definition) is 4. The number of anilines is 1. The van der Waals surface area contributed by atoms with Crippen LogP contribution in [0.5, 0.6) is 0 Å². The van der Waals surface area contributed by atoms with Crippen LogP contribution < -0.4 is 10.6 Å². The Morgan fingerprint density at radius 2 is 1.59 bits per heavy atom. The first-order valence-corrected chi connectivity index (χ1v) is 14.4. The second-order valence-corrected chi connectivity index (χ2v) is 11.4. The van der Waals surface area contributed by atoms with E-state index in [0.29, 0.717) is 16.8 Å². The maximum absolute atomic E-state index is 14.5. The standard InChI is InChI=1S/C37H37N3O4/c1-6-23-40(35(42)32(24-26-15-9-8-10-16-26)39-36(43)44-37(3,4)5)33(31-20-14-13-17-27(31)7-2)34(41)38-30-22-21-28-18-11-12-19-29(28)25-30/h2,6,8-22,25,32-33H,1,23-24H2,3-5H3,(H,38,41)(H,39,43). The van der Waals surface area contributed by atoms with Gasteiger partial charge in [-0.25, -0.2) is 4.79 Å². The fourth-order valence-electron chi connectivity index (χ4n) is 4.96. The van der Waals surface area contributed by atoms with E-state index in [0.717, 1.165) is 16.3 Å². The molecule has 2 unspecified atom stereocenters. The van der Waals surface area contributed by atoms with Crippen molar-refractivity contribution in [3.63, 3.8) is 0 Å². The van der Waals surface area contributed by atoms with Crippen LogP contribution in [-0.4, -0.2) is 41.0 Å². The third-order valence-corrected chi connectivity index (χ3v) is 6.87. The van der Waals surface area contributed by atoms with Gasteiger partial charge in [0, 0.05) is 24.2 Å². The van der Waals surface area contributed by atoms with E-state index in [1.54, 1.807) is 51.1 Å². The van der Waals surface area contributed by atoms with Crippen LogP contribution in [-0.2, 0) is 20.7 Å². The molecule has 2 atom stereocenters. The zero-order chi connectivity index (χ0) is 31.7. The highest BCUT2D eigenvalue weighted by molar-refractivity contribution is 6.00. The van der Waals surface area contributed by atoms with Gasteiger partial charge in [-0.05, 0) is 60.9 Å². The monoisotopic (exact) mass is 587 g/mol. The third-order valence-electron chi connectivity index (χ3n) is 6.87. The maximum Gasteiger partial charge on any atom is 0.408 e. The van der Waals surface area contributed by atoms with E-state index in [9.17, 15) is 14.4 Å². The summed E-state index contributed by atoms with van der Waals surface area (Å²) in [6.45, 7) is 9.10. The van der Waals surface area contributed by atoms with E-state index in [-0.39, 0.29) is 13.0 Å². The lowest BCUT2D eigenvalue weighted by Crippen LogP contribution is -2.53. The number of fused-ring (bicyclic) bond motifs is 1. The Balaban J connectivity index is 1.76. The molecular weight excluding hydrogens is 550 g/mol. The van der Waals surface area contributed by atoms with Crippen LogP contribution in [0.15, 0.2) is 110 Å². The van der Waals surface area contributed by atoms with Crippen molar-refractivity contribution in [2.24, 2.45) is 0 Å². The first kappa shape index (κ1) is 31.6. The molecular formula is C37H37N3O4. The summed E-state index contributed by atoms with van der Waals surface area (Å²) in [4.78, 5) is 43.0. The molecule has 0 fully saturated rings. The lowest BCUT2D eigenvalue weighted by Gasteiger charge is -2.34. The molecule has 0 radical (unpaired) electrons. The molecule has 0 aromatic heterocycles. The summed E-state index contributed by atoms with van der Waals surface area (Å²) in [7, 11) is 0. The number of alkyl carbamates (subject to hydrolysis) is 1. The van der Waals surface area contributed by atoms with E-state index >= 15 is 0 Å². The van der Waals surface area contributed by atoms with Crippen molar-refractivity contribution in [1.29, 1.82) is 0 Å². The highest BCUT2D eigenvalue weighted by Crippen LogP contribution is 2.28. The maximum atomic E-state index is 14.5. The van der Waals surface area contributed by atoms with E-state index in [4.69, 9.17) is 11.2 Å². The van der Waals surface area contributed by atoms with Gasteiger partial charge in [-0.1, -0.05) is 90.9 Å². The van der Waals surface area contributed by atoms with E-state index in [1.165, 1.54) is 4.90 Å². The molecule has 224 valence electrons. The highest BCUT2D eigenvalue weighted by atomic mass is 16.6. The van der Waals surface area contributed by atoms with Crippen molar-refractivity contribution in [2.75, 3.05) is 11.9 Å². The molecule has 0 spiro atoms. The van der Waals surface area contributed by atoms with Crippen LogP contribution in [0.4, 0.5) is 10.5 Å². The summed E-state index contributed by atoms with van der Waals surface area (Å²) >= 11 is 0. The van der Waals surface area contributed by atoms with Gasteiger partial charge in [0.15, 0.2) is 0 Å². The fourth-order valence-corrected chi connectivity index (χ4v) is 4.96. The molecule has 0 bridgehead atoms. The third kappa shape index (κ3) is 8.14. The topological polar surface area (TPSA) is 87.7 Å². The van der Waals surface area contributed by atoms with Crippen molar-refractivity contribution in [3.05, 3.63) is 126 Å². The summed E-state index contributed by atoms with van der Waals surface area (Å²) in [5.74, 6) is 1.69. The first-order chi connectivity index (χ1) is 21.1. The number of carbonyl (C=O) groups is 3. The molecule has 0 heterocycles. The molecule has 2 N–H and O–H groups in total. The zero-order valence-corrected chi connectivity index (χ0v) is 25.2. The number of nitrogens with zero attached hydrogens (tertiary/aromatic N) is 1. The molecule has 44 heavy (non-hydrogen) atoms. The molecule has 0 aliphatic heterocycles. The Hall–Kier alpha value is -5.35. The highest BCUT2D eigenvalue weighted by Gasteiger charge is 2.37. The predicted octanol–water partition coefficient (Wildman–Crippen LogP) is 6.65. The molecule has 4 rings (SSSR count). The number of carbonyl (C=O) groups excluding carboxylic acids is 3. The second-order valence-electron chi connectivity index (χ2n) is 11.4. The summed E-state index contributed by atoms with van der Waals surface area (Å²) in [5.41, 5.74) is 1.54. The molecule has 3 amide bonds. The number of terminal acetylenes is 1. The molecule has 0 aliphatic rings. The normalized spacial score (nSPS) is 12.3. The lowest BCUT2D eigenvalue weighted by molar-refractivity contribution is -0.140. The van der Waals surface area contributed by atoms with Crippen LogP contribution in [0.1, 0.15) is 43.5 Å². The minimum Gasteiger partial charge on any atom is -0.444 e. The Kier molecular flexibility index (Phi) is 10.2. The number of hydrogen-bond donors (Lipinski definition) is 2. The van der Waals surface area contributed by atoms with Crippen LogP contribution in [0.3, 0.4) is 0 Å². The van der Waals surface area contributed by atoms with E-state index in [2.05, 4.69) is 23.1 Å². The van der Waals surface area contributed by atoms with Gasteiger partial charge in [-0.15, -0.1) is 13.0 Å². The van der Waals surface area contributed by atoms with Gasteiger partial charge in [0.1, 0.15) is 17.7 Å². The average Bonchev–Trinajstić information content (AvgIpc) is 3.00. The minimum absolute atomic E-state index is 0.00876. The van der Waals surface area contributed by atoms with Crippen molar-refractivity contribution in [1.82, 2.24) is 10.2 Å². The first-order valence-electron chi connectivity index (χ1n) is 14.4. The van der Waals surface area contributed by atoms with Crippen molar-refractivity contribution in [2.45, 2.75) is 44.9 Å². The Morgan fingerprint density at radius 3 is 2.27 bits per heavy atom. The van der Waals surface area contributed by atoms with E-state index in [1.807, 2.05) is 72.8 Å². The molecule has 7 nitrogen and oxygen atoms in total. The van der Waals surface area contributed by atoms with Gasteiger partial charge in [-0.2, -0.15) is 0 Å². The summed E-state index contributed by atoms with van der Waals surface area (Å²) in [6.07, 6.45) is 6.83. The SMILES string of the molecule is C#Cc1ccccc1C(C(=O)Nc1ccc2ccccc2c1)N(CC=C)C(=O)C(Cc1ccccc1)NC(=O)OC(C)(C)C. The van der Waals surface area contributed by atoms with Gasteiger partial charge < -0.3 is 20.3 Å². The quantitative estimate of drug-likeness (QED) is 0.161. The Bertz CT molecular complexity index is 1680. The minimum atomic E-state index is -1.14. The molecule has 4 aromatic carbocycles. The molecule has 0 aliphatic carbocycles. The zero-order valence-electron chi connectivity index (χ0n) is 25.2. The van der Waals surface area contributed by atoms with Gasteiger partial charge in [0.25, 0.3) is 5.91 Å². The Morgan fingerprint density at radius 1 is 0.932 bits per heavy atom. The number of amides is 3. The molecule has 4 aromatic rings.